The van der Waals surface area contributed by atoms with Gasteiger partial charge in [0.2, 0.25) is 0 Å². The molecule has 1 aliphatic heterocycles. The Morgan fingerprint density at radius 1 is 1.30 bits per heavy atom. The molecule has 1 aromatic carbocycles. The Kier molecular flexibility index (Phi) is 10.9. The molecule has 1 saturated heterocycles. The minimum atomic E-state index is -0.336. The first-order chi connectivity index (χ1) is 15.6. The maximum Gasteiger partial charge on any atom is 0.193 e. The van der Waals surface area contributed by atoms with E-state index in [1.165, 1.54) is 16.8 Å². The third-order valence-electron chi connectivity index (χ3n) is 5.49. The van der Waals surface area contributed by atoms with Gasteiger partial charge in [-0.25, -0.2) is 9.07 Å². The second kappa shape index (κ2) is 13.3. The summed E-state index contributed by atoms with van der Waals surface area (Å²) in [7, 11) is 0. The van der Waals surface area contributed by atoms with Crippen molar-refractivity contribution in [2.75, 3.05) is 38.5 Å². The van der Waals surface area contributed by atoms with Crippen molar-refractivity contribution in [3.63, 3.8) is 0 Å². The zero-order chi connectivity index (χ0) is 22.9. The Balaban J connectivity index is 0.00000385. The van der Waals surface area contributed by atoms with Gasteiger partial charge in [0, 0.05) is 32.8 Å². The molecule has 180 valence electrons. The molecule has 0 saturated carbocycles. The van der Waals surface area contributed by atoms with Crippen LogP contribution in [0.15, 0.2) is 29.3 Å². The number of nitrogen functional groups attached to an aromatic ring is 1. The van der Waals surface area contributed by atoms with Gasteiger partial charge in [-0.1, -0.05) is 0 Å². The molecular formula is C23H33FIN7O. The maximum absolute atomic E-state index is 13.2. The predicted octanol–water partition coefficient (Wildman–Crippen LogP) is 3.48. The van der Waals surface area contributed by atoms with Crippen LogP contribution in [0.1, 0.15) is 44.4 Å². The Bertz CT molecular complexity index is 947. The van der Waals surface area contributed by atoms with Crippen molar-refractivity contribution in [2.45, 2.75) is 45.6 Å². The van der Waals surface area contributed by atoms with Crippen molar-refractivity contribution < 1.29 is 9.13 Å². The van der Waals surface area contributed by atoms with Gasteiger partial charge in [-0.3, -0.25) is 4.99 Å². The number of nitrogens with zero attached hydrogens (tertiary/aromatic N) is 5. The number of anilines is 1. The number of piperidine rings is 1. The zero-order valence-corrected chi connectivity index (χ0v) is 21.6. The van der Waals surface area contributed by atoms with Crippen LogP contribution < -0.4 is 11.1 Å². The number of rotatable bonds is 8. The number of nitrogens with one attached hydrogen (secondary N) is 1. The molecule has 0 atom stereocenters. The van der Waals surface area contributed by atoms with Gasteiger partial charge in [-0.2, -0.15) is 10.4 Å². The van der Waals surface area contributed by atoms with E-state index in [0.717, 1.165) is 51.5 Å². The molecule has 0 amide bonds. The van der Waals surface area contributed by atoms with E-state index in [1.807, 2.05) is 6.92 Å². The van der Waals surface area contributed by atoms with Gasteiger partial charge in [0.15, 0.2) is 5.96 Å². The predicted molar refractivity (Wildman–Crippen MR) is 139 cm³/mol. The number of nitrogens with two attached hydrogens (primary N) is 1. The highest BCUT2D eigenvalue weighted by Gasteiger charge is 2.21. The monoisotopic (exact) mass is 569 g/mol. The number of guanidine groups is 1. The lowest BCUT2D eigenvalue weighted by molar-refractivity contribution is 0.0264. The number of aromatic nitrogens is 2. The minimum absolute atomic E-state index is 0. The Morgan fingerprint density at radius 3 is 2.61 bits per heavy atom. The Morgan fingerprint density at radius 2 is 2.00 bits per heavy atom. The number of ether oxygens (including phenoxy) is 1. The van der Waals surface area contributed by atoms with Gasteiger partial charge in [-0.05, 0) is 63.8 Å². The van der Waals surface area contributed by atoms with Gasteiger partial charge in [0.05, 0.1) is 17.5 Å². The molecule has 2 aromatic rings. The van der Waals surface area contributed by atoms with Gasteiger partial charge in [0.1, 0.15) is 23.3 Å². The van der Waals surface area contributed by atoms with E-state index in [0.29, 0.717) is 36.0 Å². The van der Waals surface area contributed by atoms with Crippen LogP contribution in [-0.4, -0.2) is 59.5 Å². The fraction of sp³-hybridized carbons (Fsp3) is 0.522. The molecule has 33 heavy (non-hydrogen) atoms. The molecule has 1 aliphatic rings. The summed E-state index contributed by atoms with van der Waals surface area (Å²) in [5.74, 6) is 0.846. The number of nitriles is 1. The molecule has 0 radical (unpaired) electrons. The number of likely N-dealkylation sites (tertiary alicyclic amines) is 1. The summed E-state index contributed by atoms with van der Waals surface area (Å²) >= 11 is 0. The third-order valence-corrected chi connectivity index (χ3v) is 5.49. The Labute approximate surface area is 212 Å². The quantitative estimate of drug-likeness (QED) is 0.218. The highest BCUT2D eigenvalue weighted by molar-refractivity contribution is 14.0. The lowest BCUT2D eigenvalue weighted by atomic mass is 10.1. The van der Waals surface area contributed by atoms with E-state index in [-0.39, 0.29) is 35.6 Å². The van der Waals surface area contributed by atoms with E-state index in [9.17, 15) is 9.65 Å². The first-order valence-electron chi connectivity index (χ1n) is 11.3. The van der Waals surface area contributed by atoms with Gasteiger partial charge < -0.3 is 20.7 Å². The summed E-state index contributed by atoms with van der Waals surface area (Å²) in [6.45, 7) is 8.12. The molecule has 0 aliphatic carbocycles. The van der Waals surface area contributed by atoms with Gasteiger partial charge >= 0.3 is 0 Å². The van der Waals surface area contributed by atoms with Gasteiger partial charge in [0.25, 0.3) is 0 Å². The normalized spacial score (nSPS) is 14.6. The Hall–Kier alpha value is -2.39. The number of benzene rings is 1. The minimum Gasteiger partial charge on any atom is -0.382 e. The van der Waals surface area contributed by atoms with E-state index in [1.54, 1.807) is 12.1 Å². The van der Waals surface area contributed by atoms with Crippen LogP contribution in [0.25, 0.3) is 5.69 Å². The molecule has 10 heteroatoms. The number of hydrogen-bond donors (Lipinski definition) is 2. The molecule has 2 heterocycles. The molecular weight excluding hydrogens is 536 g/mol. The van der Waals surface area contributed by atoms with Crippen molar-refractivity contribution in [2.24, 2.45) is 4.99 Å². The highest BCUT2D eigenvalue weighted by Crippen LogP contribution is 2.22. The molecule has 0 unspecified atom stereocenters. The molecule has 8 nitrogen and oxygen atoms in total. The maximum atomic E-state index is 13.2. The average Bonchev–Trinajstić information content (AvgIpc) is 3.12. The third kappa shape index (κ3) is 7.04. The molecule has 3 rings (SSSR count). The fourth-order valence-corrected chi connectivity index (χ4v) is 3.88. The van der Waals surface area contributed by atoms with Crippen LogP contribution in [0.2, 0.25) is 0 Å². The summed E-state index contributed by atoms with van der Waals surface area (Å²) in [4.78, 5) is 7.05. The molecule has 3 N–H and O–H groups in total. The second-order valence-corrected chi connectivity index (χ2v) is 7.69. The smallest absolute Gasteiger partial charge is 0.193 e. The van der Waals surface area contributed by atoms with Crippen LogP contribution in [-0.2, 0) is 11.2 Å². The standard InChI is InChI=1S/C23H32FN7O.HI/c1-3-27-23(30-14-11-19(12-15-30)32-4-2)28-13-5-6-21-20(16-25)22(26)31(29-21)18-9-7-17(24)8-10-18;/h7-10,19H,3-6,11-15,26H2,1-2H3,(H,27,28);1H. The van der Waals surface area contributed by atoms with E-state index in [4.69, 9.17) is 15.5 Å². The highest BCUT2D eigenvalue weighted by atomic mass is 127. The molecule has 0 bridgehead atoms. The zero-order valence-electron chi connectivity index (χ0n) is 19.3. The largest absolute Gasteiger partial charge is 0.382 e. The van der Waals surface area contributed by atoms with E-state index in [2.05, 4.69) is 28.3 Å². The summed E-state index contributed by atoms with van der Waals surface area (Å²) < 4.78 is 20.5. The summed E-state index contributed by atoms with van der Waals surface area (Å²) in [6.07, 6.45) is 3.66. The molecule has 1 aromatic heterocycles. The number of halogens is 2. The number of aryl methyl sites for hydroxylation is 1. The lowest BCUT2D eigenvalue weighted by Crippen LogP contribution is -2.47. The van der Waals surface area contributed by atoms with Crippen LogP contribution in [0.3, 0.4) is 0 Å². The van der Waals surface area contributed by atoms with Crippen molar-refractivity contribution in [1.29, 1.82) is 5.26 Å². The molecule has 0 spiro atoms. The first kappa shape index (κ1) is 26.9. The molecule has 1 fully saturated rings. The van der Waals surface area contributed by atoms with Crippen LogP contribution in [0.5, 0.6) is 0 Å². The van der Waals surface area contributed by atoms with Gasteiger partial charge in [-0.15, -0.1) is 24.0 Å². The SMILES string of the molecule is CCNC(=NCCCc1nn(-c2ccc(F)cc2)c(N)c1C#N)N1CCC(OCC)CC1.I. The van der Waals surface area contributed by atoms with E-state index >= 15 is 0 Å². The summed E-state index contributed by atoms with van der Waals surface area (Å²) in [6, 6.07) is 8.02. The van der Waals surface area contributed by atoms with Crippen molar-refractivity contribution in [3.05, 3.63) is 41.3 Å². The van der Waals surface area contributed by atoms with Crippen molar-refractivity contribution in [1.82, 2.24) is 20.0 Å². The van der Waals surface area contributed by atoms with Crippen molar-refractivity contribution >= 4 is 35.8 Å². The van der Waals surface area contributed by atoms with E-state index < -0.39 is 0 Å². The van der Waals surface area contributed by atoms with Crippen LogP contribution >= 0.6 is 24.0 Å². The first-order valence-corrected chi connectivity index (χ1v) is 11.3. The van der Waals surface area contributed by atoms with Crippen LogP contribution in [0.4, 0.5) is 10.2 Å². The number of hydrogen-bond acceptors (Lipinski definition) is 5. The van der Waals surface area contributed by atoms with Crippen molar-refractivity contribution in [3.8, 4) is 11.8 Å². The summed E-state index contributed by atoms with van der Waals surface area (Å²) in [5, 5.41) is 17.4. The fourth-order valence-electron chi connectivity index (χ4n) is 3.88. The topological polar surface area (TPSA) is 104 Å². The summed E-state index contributed by atoms with van der Waals surface area (Å²) in [5.41, 5.74) is 7.75. The lowest BCUT2D eigenvalue weighted by Gasteiger charge is -2.34. The number of aliphatic imine (C=N–C) groups is 1. The van der Waals surface area contributed by atoms with Crippen LogP contribution in [0, 0.1) is 17.1 Å². The average molecular weight is 569 g/mol. The second-order valence-electron chi connectivity index (χ2n) is 7.69.